The molecule has 0 aromatic carbocycles. The van der Waals surface area contributed by atoms with E-state index in [4.69, 9.17) is 5.11 Å². The summed E-state index contributed by atoms with van der Waals surface area (Å²) in [5, 5.41) is 10.3. The Labute approximate surface area is 84.5 Å². The van der Waals surface area contributed by atoms with E-state index in [1.165, 1.54) is 11.3 Å². The number of halogens is 2. The highest BCUT2D eigenvalue weighted by atomic mass is 79.9. The quantitative estimate of drug-likeness (QED) is 0.912. The average Bonchev–Trinajstić information content (AvgIpc) is 2.18. The Morgan fingerprint density at radius 3 is 2.64 bits per heavy atom. The van der Waals surface area contributed by atoms with E-state index in [1.54, 1.807) is 0 Å². The molecule has 1 aromatic rings. The third-order valence-electron chi connectivity index (χ3n) is 1.10. The molecule has 0 saturated heterocycles. The van der Waals surface area contributed by atoms with Gasteiger partial charge in [0.2, 0.25) is 0 Å². The topological polar surface area (TPSA) is 37.3 Å². The van der Waals surface area contributed by atoms with Gasteiger partial charge in [0.15, 0.2) is 0 Å². The van der Waals surface area contributed by atoms with Gasteiger partial charge in [0.05, 0.1) is 10.2 Å². The maximum Gasteiger partial charge on any atom is 0.307 e. The van der Waals surface area contributed by atoms with Crippen molar-refractivity contribution in [2.24, 2.45) is 0 Å². The average molecular weight is 300 g/mol. The Kier molecular flexibility index (Phi) is 3.09. The molecule has 11 heavy (non-hydrogen) atoms. The highest BCUT2D eigenvalue weighted by Crippen LogP contribution is 2.33. The van der Waals surface area contributed by atoms with Gasteiger partial charge >= 0.3 is 5.97 Å². The molecule has 0 aliphatic rings. The summed E-state index contributed by atoms with van der Waals surface area (Å²) in [7, 11) is 0. The summed E-state index contributed by atoms with van der Waals surface area (Å²) in [5.41, 5.74) is 0.814. The second kappa shape index (κ2) is 3.69. The third kappa shape index (κ3) is 2.28. The van der Waals surface area contributed by atoms with Crippen LogP contribution in [0.25, 0.3) is 0 Å². The van der Waals surface area contributed by atoms with Crippen molar-refractivity contribution in [2.75, 3.05) is 0 Å². The van der Waals surface area contributed by atoms with E-state index in [-0.39, 0.29) is 6.42 Å². The van der Waals surface area contributed by atoms with Crippen LogP contribution in [0.1, 0.15) is 5.56 Å². The summed E-state index contributed by atoms with van der Waals surface area (Å²) in [5.74, 6) is -0.809. The molecule has 0 amide bonds. The number of rotatable bonds is 2. The molecule has 0 fully saturated rings. The zero-order chi connectivity index (χ0) is 8.43. The smallest absolute Gasteiger partial charge is 0.307 e. The van der Waals surface area contributed by atoms with Gasteiger partial charge in [-0.05, 0) is 42.8 Å². The SMILES string of the molecule is O=C(O)Cc1csc(Br)c1Br. The number of carboxylic acid groups (broad SMARTS) is 1. The number of hydrogen-bond acceptors (Lipinski definition) is 2. The Balaban J connectivity index is 2.87. The molecule has 0 aliphatic heterocycles. The van der Waals surface area contributed by atoms with Gasteiger partial charge in [0.25, 0.3) is 0 Å². The van der Waals surface area contributed by atoms with Crippen LogP contribution in [0.3, 0.4) is 0 Å². The van der Waals surface area contributed by atoms with Crippen LogP contribution in [0.4, 0.5) is 0 Å². The van der Waals surface area contributed by atoms with Crippen molar-refractivity contribution < 1.29 is 9.90 Å². The summed E-state index contributed by atoms with van der Waals surface area (Å²) < 4.78 is 1.79. The van der Waals surface area contributed by atoms with E-state index < -0.39 is 5.97 Å². The fourth-order valence-electron chi connectivity index (χ4n) is 0.635. The normalized spacial score (nSPS) is 10.0. The maximum absolute atomic E-state index is 10.3. The molecule has 0 spiro atoms. The van der Waals surface area contributed by atoms with Gasteiger partial charge in [0, 0.05) is 4.47 Å². The Bertz CT molecular complexity index is 282. The van der Waals surface area contributed by atoms with Crippen LogP contribution in [-0.2, 0) is 11.2 Å². The van der Waals surface area contributed by atoms with Gasteiger partial charge in [-0.25, -0.2) is 0 Å². The summed E-state index contributed by atoms with van der Waals surface area (Å²) in [6, 6.07) is 0. The second-order valence-electron chi connectivity index (χ2n) is 1.92. The van der Waals surface area contributed by atoms with E-state index >= 15 is 0 Å². The third-order valence-corrected chi connectivity index (χ3v) is 4.57. The molecule has 0 aliphatic carbocycles. The number of aliphatic carboxylic acids is 1. The van der Waals surface area contributed by atoms with Crippen molar-refractivity contribution in [3.63, 3.8) is 0 Å². The molecule has 0 saturated carbocycles. The lowest BCUT2D eigenvalue weighted by Gasteiger charge is -1.91. The summed E-state index contributed by atoms with van der Waals surface area (Å²) in [4.78, 5) is 10.3. The van der Waals surface area contributed by atoms with E-state index in [0.29, 0.717) is 0 Å². The van der Waals surface area contributed by atoms with E-state index in [0.717, 1.165) is 13.8 Å². The van der Waals surface area contributed by atoms with E-state index in [1.807, 2.05) is 5.38 Å². The van der Waals surface area contributed by atoms with E-state index in [9.17, 15) is 4.79 Å². The van der Waals surface area contributed by atoms with E-state index in [2.05, 4.69) is 31.9 Å². The van der Waals surface area contributed by atoms with Crippen LogP contribution >= 0.6 is 43.2 Å². The highest BCUT2D eigenvalue weighted by molar-refractivity contribution is 9.13. The van der Waals surface area contributed by atoms with Crippen molar-refractivity contribution in [3.8, 4) is 0 Å². The van der Waals surface area contributed by atoms with Crippen molar-refractivity contribution in [2.45, 2.75) is 6.42 Å². The van der Waals surface area contributed by atoms with Gasteiger partial charge in [0.1, 0.15) is 0 Å². The lowest BCUT2D eigenvalue weighted by Crippen LogP contribution is -1.98. The lowest BCUT2D eigenvalue weighted by molar-refractivity contribution is -0.136. The first-order valence-corrected chi connectivity index (χ1v) is 5.21. The first-order chi connectivity index (χ1) is 5.11. The Morgan fingerprint density at radius 2 is 2.27 bits per heavy atom. The zero-order valence-corrected chi connectivity index (χ0v) is 9.29. The molecule has 0 unspecified atom stereocenters. The predicted octanol–water partition coefficient (Wildman–Crippen LogP) is 2.90. The molecule has 1 rings (SSSR count). The molecule has 5 heteroatoms. The Morgan fingerprint density at radius 1 is 1.64 bits per heavy atom. The molecule has 1 heterocycles. The molecule has 60 valence electrons. The number of carbonyl (C=O) groups is 1. The maximum atomic E-state index is 10.3. The fraction of sp³-hybridized carbons (Fsp3) is 0.167. The van der Waals surface area contributed by atoms with Gasteiger partial charge in [-0.1, -0.05) is 0 Å². The molecule has 0 bridgehead atoms. The predicted molar refractivity (Wildman–Crippen MR) is 51.1 cm³/mol. The van der Waals surface area contributed by atoms with Crippen LogP contribution in [-0.4, -0.2) is 11.1 Å². The molecular weight excluding hydrogens is 296 g/mol. The van der Waals surface area contributed by atoms with Crippen LogP contribution in [0.15, 0.2) is 13.6 Å². The number of hydrogen-bond donors (Lipinski definition) is 1. The lowest BCUT2D eigenvalue weighted by atomic mass is 10.2. The largest absolute Gasteiger partial charge is 0.481 e. The minimum absolute atomic E-state index is 0.0721. The van der Waals surface area contributed by atoms with Crippen LogP contribution in [0.5, 0.6) is 0 Å². The van der Waals surface area contributed by atoms with Crippen LogP contribution in [0.2, 0.25) is 0 Å². The van der Waals surface area contributed by atoms with Gasteiger partial charge in [-0.15, -0.1) is 11.3 Å². The van der Waals surface area contributed by atoms with Crippen LogP contribution < -0.4 is 0 Å². The minimum atomic E-state index is -0.809. The van der Waals surface area contributed by atoms with Crippen molar-refractivity contribution in [1.29, 1.82) is 0 Å². The number of carboxylic acids is 1. The van der Waals surface area contributed by atoms with Crippen molar-refractivity contribution in [3.05, 3.63) is 19.2 Å². The van der Waals surface area contributed by atoms with Crippen LogP contribution in [0, 0.1) is 0 Å². The fourth-order valence-corrected chi connectivity index (χ4v) is 2.54. The minimum Gasteiger partial charge on any atom is -0.481 e. The molecular formula is C6H4Br2O2S. The molecule has 0 radical (unpaired) electrons. The summed E-state index contributed by atoms with van der Waals surface area (Å²) in [6.45, 7) is 0. The summed E-state index contributed by atoms with van der Waals surface area (Å²) in [6.07, 6.45) is 0.0721. The van der Waals surface area contributed by atoms with Crippen molar-refractivity contribution in [1.82, 2.24) is 0 Å². The first-order valence-electron chi connectivity index (χ1n) is 2.74. The van der Waals surface area contributed by atoms with Gasteiger partial charge < -0.3 is 5.11 Å². The Hall–Kier alpha value is 0.130. The van der Waals surface area contributed by atoms with Gasteiger partial charge in [-0.3, -0.25) is 4.79 Å². The van der Waals surface area contributed by atoms with Crippen molar-refractivity contribution >= 4 is 49.2 Å². The molecule has 1 N–H and O–H groups in total. The monoisotopic (exact) mass is 298 g/mol. The standard InChI is InChI=1S/C6H4Br2O2S/c7-5-3(1-4(9)10)2-11-6(5)8/h2H,1H2,(H,9,10). The number of thiophene rings is 1. The zero-order valence-electron chi connectivity index (χ0n) is 5.30. The highest BCUT2D eigenvalue weighted by Gasteiger charge is 2.09. The second-order valence-corrected chi connectivity index (χ2v) is 4.91. The first kappa shape index (κ1) is 9.22. The molecule has 0 atom stereocenters. The molecule has 1 aromatic heterocycles. The summed E-state index contributed by atoms with van der Waals surface area (Å²) >= 11 is 8.04. The molecule has 2 nitrogen and oxygen atoms in total. The van der Waals surface area contributed by atoms with Gasteiger partial charge in [-0.2, -0.15) is 0 Å².